The third-order valence-electron chi connectivity index (χ3n) is 4.05. The topological polar surface area (TPSA) is 151 Å². The molecule has 2 aromatic rings. The maximum absolute atomic E-state index is 12.0. The van der Waals surface area contributed by atoms with Gasteiger partial charge < -0.3 is 34.9 Å². The van der Waals surface area contributed by atoms with Crippen LogP contribution in [0.4, 0.5) is 24.8 Å². The number of nitro groups is 2. The van der Waals surface area contributed by atoms with Gasteiger partial charge in [-0.1, -0.05) is 0 Å². The van der Waals surface area contributed by atoms with Gasteiger partial charge in [0.2, 0.25) is 12.7 Å². The van der Waals surface area contributed by atoms with Crippen molar-refractivity contribution >= 4 is 17.9 Å². The van der Waals surface area contributed by atoms with Gasteiger partial charge in [-0.25, -0.2) is 0 Å². The number of carbonyl (C=O) groups is 1. The number of nitrogens with zero attached hydrogens (tertiary/aromatic N) is 6. The summed E-state index contributed by atoms with van der Waals surface area (Å²) in [5, 5.41) is 23.0. The molecule has 15 heteroatoms. The Balaban J connectivity index is 0.000000327. The van der Waals surface area contributed by atoms with E-state index in [9.17, 15) is 38.2 Å². The Kier molecular flexibility index (Phi) is 7.98. The maximum Gasteiger partial charge on any atom is 0.401 e. The second-order valence-corrected chi connectivity index (χ2v) is 7.60. The first-order valence-corrected chi connectivity index (χ1v) is 8.70. The highest BCUT2D eigenvalue weighted by Crippen LogP contribution is 2.19. The van der Waals surface area contributed by atoms with Crippen molar-refractivity contribution in [3.05, 3.63) is 45.3 Å². The fourth-order valence-electron chi connectivity index (χ4n) is 2.12. The summed E-state index contributed by atoms with van der Waals surface area (Å²) in [5.74, 6) is -0.589. The predicted molar refractivity (Wildman–Crippen MR) is 101 cm³/mol. The van der Waals surface area contributed by atoms with Crippen molar-refractivity contribution in [2.24, 2.45) is 0 Å². The summed E-state index contributed by atoms with van der Waals surface area (Å²) in [7, 11) is 0. The fraction of sp³-hybridized carbons (Fsp3) is 0.562. The molecule has 0 saturated heterocycles. The van der Waals surface area contributed by atoms with E-state index in [2.05, 4.69) is 15.3 Å². The van der Waals surface area contributed by atoms with Crippen LogP contribution in [0.25, 0.3) is 0 Å². The highest BCUT2D eigenvalue weighted by atomic mass is 19.4. The van der Waals surface area contributed by atoms with Gasteiger partial charge >= 0.3 is 17.8 Å². The number of imidazole rings is 2. The average molecular weight is 449 g/mol. The van der Waals surface area contributed by atoms with E-state index in [4.69, 9.17) is 0 Å². The average Bonchev–Trinajstić information content (AvgIpc) is 3.31. The van der Waals surface area contributed by atoms with E-state index >= 15 is 0 Å². The Bertz CT molecular complexity index is 921. The van der Waals surface area contributed by atoms with Crippen molar-refractivity contribution in [2.75, 3.05) is 13.1 Å². The molecule has 31 heavy (non-hydrogen) atoms. The number of aldehydes is 1. The number of halogens is 3. The molecule has 0 amide bonds. The lowest BCUT2D eigenvalue weighted by molar-refractivity contribution is -0.389. The van der Waals surface area contributed by atoms with Crippen LogP contribution in [-0.2, 0) is 15.9 Å². The van der Waals surface area contributed by atoms with Crippen LogP contribution in [0.2, 0.25) is 0 Å². The van der Waals surface area contributed by atoms with Gasteiger partial charge in [-0.2, -0.15) is 13.2 Å². The van der Waals surface area contributed by atoms with Gasteiger partial charge in [-0.3, -0.25) is 4.57 Å². The third kappa shape index (κ3) is 7.76. The molecule has 1 N–H and O–H groups in total. The zero-order chi connectivity index (χ0) is 24.0. The van der Waals surface area contributed by atoms with Crippen molar-refractivity contribution in [3.8, 4) is 0 Å². The number of aromatic nitrogens is 4. The molecule has 2 heterocycles. The summed E-state index contributed by atoms with van der Waals surface area (Å²) in [6.07, 6.45) is 1.35. The largest absolute Gasteiger partial charge is 0.401 e. The molecule has 0 spiro atoms. The quantitative estimate of drug-likeness (QED) is 0.366. The standard InChI is InChI=1S/C9H13F3N4O2.C7H9N3O3/c1-8(2,4-13-5-9(10,11)12)15-3-7(14-6-15)16(17)18;1-7(2,4-11)9-3-6(8-5-9)10(12)13/h3,6,13H,4-5H2,1-2H3;3-5H,1-2H3. The summed E-state index contributed by atoms with van der Waals surface area (Å²) >= 11 is 0. The van der Waals surface area contributed by atoms with Crippen LogP contribution in [-0.4, -0.2) is 54.5 Å². The van der Waals surface area contributed by atoms with Gasteiger partial charge in [0.25, 0.3) is 0 Å². The lowest BCUT2D eigenvalue weighted by Gasteiger charge is -2.26. The van der Waals surface area contributed by atoms with Crippen LogP contribution in [0, 0.1) is 20.2 Å². The van der Waals surface area contributed by atoms with Crippen LogP contribution in [0.3, 0.4) is 0 Å². The van der Waals surface area contributed by atoms with Gasteiger partial charge in [-0.15, -0.1) is 0 Å². The first-order valence-electron chi connectivity index (χ1n) is 8.70. The van der Waals surface area contributed by atoms with Crippen molar-refractivity contribution < 1.29 is 27.8 Å². The first-order chi connectivity index (χ1) is 14.1. The van der Waals surface area contributed by atoms with Gasteiger partial charge in [0, 0.05) is 6.54 Å². The SMILES string of the molecule is CC(C)(C=O)n1cnc([N+](=O)[O-])c1.CC(C)(CNCC(F)(F)F)n1cnc([N+](=O)[O-])c1. The smallest absolute Gasteiger partial charge is 0.358 e. The van der Waals surface area contributed by atoms with E-state index in [0.29, 0.717) is 6.29 Å². The lowest BCUT2D eigenvalue weighted by Crippen LogP contribution is -2.41. The Hall–Kier alpha value is -3.36. The Morgan fingerprint density at radius 2 is 1.42 bits per heavy atom. The molecule has 0 saturated carbocycles. The lowest BCUT2D eigenvalue weighted by atomic mass is 10.1. The Morgan fingerprint density at radius 1 is 0.968 bits per heavy atom. The molecule has 0 aliphatic carbocycles. The number of hydrogen-bond donors (Lipinski definition) is 1. The van der Waals surface area contributed by atoms with Crippen LogP contribution in [0.5, 0.6) is 0 Å². The monoisotopic (exact) mass is 449 g/mol. The van der Waals surface area contributed by atoms with Crippen LogP contribution in [0.15, 0.2) is 25.0 Å². The minimum absolute atomic E-state index is 0.0139. The van der Waals surface area contributed by atoms with E-state index in [1.165, 1.54) is 34.2 Å². The second kappa shape index (κ2) is 9.63. The summed E-state index contributed by atoms with van der Waals surface area (Å²) in [6, 6.07) is 0. The molecule has 0 aliphatic heterocycles. The molecule has 2 aromatic heterocycles. The molecule has 12 nitrogen and oxygen atoms in total. The zero-order valence-electron chi connectivity index (χ0n) is 17.2. The van der Waals surface area contributed by atoms with E-state index < -0.39 is 33.6 Å². The molecule has 0 unspecified atom stereocenters. The molecule has 172 valence electrons. The number of alkyl halides is 3. The zero-order valence-corrected chi connectivity index (χ0v) is 17.2. The van der Waals surface area contributed by atoms with E-state index in [0.717, 1.165) is 0 Å². The van der Waals surface area contributed by atoms with Crippen LogP contribution >= 0.6 is 0 Å². The number of nitrogens with one attached hydrogen (secondary N) is 1. The van der Waals surface area contributed by atoms with E-state index in [1.54, 1.807) is 27.7 Å². The van der Waals surface area contributed by atoms with Crippen molar-refractivity contribution in [2.45, 2.75) is 44.9 Å². The van der Waals surface area contributed by atoms with Gasteiger partial charge in [0.1, 0.15) is 18.7 Å². The molecule has 0 aliphatic rings. The number of hydrogen-bond acceptors (Lipinski definition) is 8. The van der Waals surface area contributed by atoms with E-state index in [-0.39, 0.29) is 18.2 Å². The predicted octanol–water partition coefficient (Wildman–Crippen LogP) is 2.40. The fourth-order valence-corrected chi connectivity index (χ4v) is 2.12. The van der Waals surface area contributed by atoms with Crippen molar-refractivity contribution in [3.63, 3.8) is 0 Å². The Morgan fingerprint density at radius 3 is 1.81 bits per heavy atom. The molecular weight excluding hydrogens is 427 g/mol. The normalized spacial score (nSPS) is 12.1. The molecule has 0 atom stereocenters. The minimum Gasteiger partial charge on any atom is -0.358 e. The molecule has 0 radical (unpaired) electrons. The molecule has 0 bridgehead atoms. The van der Waals surface area contributed by atoms with E-state index in [1.807, 2.05) is 0 Å². The number of rotatable bonds is 8. The summed E-state index contributed by atoms with van der Waals surface area (Å²) in [4.78, 5) is 37.1. The molecule has 2 rings (SSSR count). The first kappa shape index (κ1) is 25.7. The highest BCUT2D eigenvalue weighted by Gasteiger charge is 2.29. The van der Waals surface area contributed by atoms with Gasteiger partial charge in [0.15, 0.2) is 0 Å². The highest BCUT2D eigenvalue weighted by molar-refractivity contribution is 5.60. The molecule has 0 aromatic carbocycles. The van der Waals surface area contributed by atoms with Gasteiger partial charge in [0.05, 0.1) is 17.6 Å². The van der Waals surface area contributed by atoms with Crippen LogP contribution in [0.1, 0.15) is 27.7 Å². The number of carbonyl (C=O) groups excluding carboxylic acids is 1. The van der Waals surface area contributed by atoms with Crippen molar-refractivity contribution in [1.29, 1.82) is 0 Å². The maximum atomic E-state index is 12.0. The summed E-state index contributed by atoms with van der Waals surface area (Å²) < 4.78 is 38.7. The van der Waals surface area contributed by atoms with Gasteiger partial charge in [-0.05, 0) is 47.5 Å². The summed E-state index contributed by atoms with van der Waals surface area (Å²) in [5.41, 5.74) is -1.53. The second-order valence-electron chi connectivity index (χ2n) is 7.60. The minimum atomic E-state index is -4.28. The Labute approximate surface area is 174 Å². The van der Waals surface area contributed by atoms with Crippen molar-refractivity contribution in [1.82, 2.24) is 24.4 Å². The molecule has 0 fully saturated rings. The third-order valence-corrected chi connectivity index (χ3v) is 4.05. The molecular formula is C16H22F3N7O5. The van der Waals surface area contributed by atoms with Crippen LogP contribution < -0.4 is 5.32 Å². The summed E-state index contributed by atoms with van der Waals surface area (Å²) in [6.45, 7) is 5.51.